The first-order chi connectivity index (χ1) is 10.4. The van der Waals surface area contributed by atoms with E-state index < -0.39 is 0 Å². The Balaban J connectivity index is 0.000000510. The summed E-state index contributed by atoms with van der Waals surface area (Å²) >= 11 is 0. The third kappa shape index (κ3) is 4.05. The van der Waals surface area contributed by atoms with Crippen molar-refractivity contribution in [2.24, 2.45) is 11.2 Å². The summed E-state index contributed by atoms with van der Waals surface area (Å²) in [6, 6.07) is 8.24. The van der Waals surface area contributed by atoms with Gasteiger partial charge in [-0.05, 0) is 30.4 Å². The zero-order valence-corrected chi connectivity index (χ0v) is 14.0. The zero-order chi connectivity index (χ0) is 15.7. The lowest BCUT2D eigenvalue weighted by atomic mass is 9.78. The van der Waals surface area contributed by atoms with Crippen LogP contribution >= 0.6 is 0 Å². The highest BCUT2D eigenvalue weighted by Crippen LogP contribution is 2.44. The average molecular weight is 290 g/mol. The van der Waals surface area contributed by atoms with Crippen molar-refractivity contribution in [3.05, 3.63) is 34.7 Å². The van der Waals surface area contributed by atoms with Crippen molar-refractivity contribution in [3.8, 4) is 0 Å². The number of hydrogen-bond donors (Lipinski definition) is 0. The monoisotopic (exact) mass is 290 g/mol. The molecule has 3 nitrogen and oxygen atoms in total. The van der Waals surface area contributed by atoms with Crippen LogP contribution in [-0.2, 0) is 0 Å². The average Bonchev–Trinajstić information content (AvgIpc) is 2.98. The Hall–Kier alpha value is -1.38. The van der Waals surface area contributed by atoms with Crippen LogP contribution < -0.4 is 5.01 Å². The third-order valence-corrected chi connectivity index (χ3v) is 4.30. The second-order valence-corrected chi connectivity index (χ2v) is 5.23. The first-order valence-electron chi connectivity index (χ1n) is 8.60. The van der Waals surface area contributed by atoms with E-state index in [1.54, 1.807) is 5.01 Å². The summed E-state index contributed by atoms with van der Waals surface area (Å²) in [5.41, 5.74) is 2.36. The van der Waals surface area contributed by atoms with Crippen molar-refractivity contribution in [2.75, 3.05) is 11.6 Å². The van der Waals surface area contributed by atoms with Crippen molar-refractivity contribution >= 4 is 5.69 Å². The van der Waals surface area contributed by atoms with Crippen molar-refractivity contribution in [2.45, 2.75) is 65.7 Å². The molecule has 3 heteroatoms. The van der Waals surface area contributed by atoms with Gasteiger partial charge in [-0.25, -0.2) is 5.01 Å². The Morgan fingerprint density at radius 1 is 1.00 bits per heavy atom. The predicted molar refractivity (Wildman–Crippen MR) is 91.6 cm³/mol. The number of hydrogen-bond acceptors (Lipinski definition) is 2. The van der Waals surface area contributed by atoms with Gasteiger partial charge >= 0.3 is 0 Å². The lowest BCUT2D eigenvalue weighted by Crippen LogP contribution is -2.21. The summed E-state index contributed by atoms with van der Waals surface area (Å²) in [7, 11) is 0. The number of nitroso groups, excluding NO2 is 1. The minimum absolute atomic E-state index is 0.518. The molecule has 21 heavy (non-hydrogen) atoms. The minimum Gasteiger partial charge on any atom is -0.228 e. The fourth-order valence-electron chi connectivity index (χ4n) is 3.44. The molecule has 1 aromatic rings. The maximum Gasteiger partial charge on any atom is 0.0662 e. The van der Waals surface area contributed by atoms with Crippen molar-refractivity contribution in [3.63, 3.8) is 0 Å². The standard InChI is InChI=1S/C14H18N2O.2C2H6/c17-15-16-10-13(11-6-2-1-3-7-11)12-8-4-5-9-14(12)16;2*1-2/h4-5,8-9,11,13H,1-3,6-7,10H2;2*1-2H3. The van der Waals surface area contributed by atoms with Crippen LogP contribution in [0.4, 0.5) is 5.69 Å². The fourth-order valence-corrected chi connectivity index (χ4v) is 3.44. The van der Waals surface area contributed by atoms with Crippen LogP contribution in [0.25, 0.3) is 0 Å². The molecule has 0 radical (unpaired) electrons. The van der Waals surface area contributed by atoms with E-state index in [9.17, 15) is 4.91 Å². The van der Waals surface area contributed by atoms with E-state index in [2.05, 4.69) is 17.4 Å². The highest BCUT2D eigenvalue weighted by molar-refractivity contribution is 5.59. The van der Waals surface area contributed by atoms with Crippen molar-refractivity contribution in [1.82, 2.24) is 0 Å². The molecule has 1 aliphatic carbocycles. The first-order valence-corrected chi connectivity index (χ1v) is 8.60. The number of para-hydroxylation sites is 1. The van der Waals surface area contributed by atoms with E-state index in [0.717, 1.165) is 18.2 Å². The summed E-state index contributed by atoms with van der Waals surface area (Å²) in [5, 5.41) is 4.79. The summed E-state index contributed by atoms with van der Waals surface area (Å²) in [6.07, 6.45) is 6.69. The molecule has 1 atom stereocenters. The van der Waals surface area contributed by atoms with E-state index in [1.165, 1.54) is 37.7 Å². The number of rotatable bonds is 2. The van der Waals surface area contributed by atoms with Crippen LogP contribution in [0, 0.1) is 10.8 Å². The predicted octanol–water partition coefficient (Wildman–Crippen LogP) is 5.90. The molecule has 0 amide bonds. The molecule has 1 aliphatic heterocycles. The number of fused-ring (bicyclic) bond motifs is 1. The van der Waals surface area contributed by atoms with Crippen LogP contribution in [0.15, 0.2) is 29.6 Å². The molecule has 1 aromatic carbocycles. The van der Waals surface area contributed by atoms with Crippen molar-refractivity contribution < 1.29 is 0 Å². The molecule has 1 unspecified atom stereocenters. The summed E-state index contributed by atoms with van der Waals surface area (Å²) < 4.78 is 0. The molecule has 3 rings (SSSR count). The molecule has 0 saturated heterocycles. The van der Waals surface area contributed by atoms with E-state index in [-0.39, 0.29) is 0 Å². The summed E-state index contributed by atoms with van der Waals surface area (Å²) in [6.45, 7) is 8.79. The molecule has 0 aromatic heterocycles. The fraction of sp³-hybridized carbons (Fsp3) is 0.667. The number of anilines is 1. The van der Waals surface area contributed by atoms with Crippen LogP contribution in [0.3, 0.4) is 0 Å². The molecule has 0 bridgehead atoms. The molecule has 0 spiro atoms. The van der Waals surface area contributed by atoms with E-state index >= 15 is 0 Å². The Kier molecular flexibility index (Phi) is 8.03. The van der Waals surface area contributed by atoms with Gasteiger partial charge in [-0.2, -0.15) is 0 Å². The van der Waals surface area contributed by atoms with Gasteiger partial charge in [0.25, 0.3) is 0 Å². The second-order valence-electron chi connectivity index (χ2n) is 5.23. The highest BCUT2D eigenvalue weighted by Gasteiger charge is 2.35. The maximum atomic E-state index is 10.9. The molecule has 1 fully saturated rings. The van der Waals surface area contributed by atoms with Crippen LogP contribution in [-0.4, -0.2) is 6.54 Å². The summed E-state index contributed by atoms with van der Waals surface area (Å²) in [4.78, 5) is 10.9. The highest BCUT2D eigenvalue weighted by atomic mass is 16.3. The maximum absolute atomic E-state index is 10.9. The molecule has 0 N–H and O–H groups in total. The largest absolute Gasteiger partial charge is 0.228 e. The van der Waals surface area contributed by atoms with Gasteiger partial charge in [0.15, 0.2) is 0 Å². The Labute approximate surface area is 129 Å². The lowest BCUT2D eigenvalue weighted by molar-refractivity contribution is 0.312. The number of nitrogens with zero attached hydrogens (tertiary/aromatic N) is 2. The minimum atomic E-state index is 0.518. The molecule has 1 heterocycles. The van der Waals surface area contributed by atoms with E-state index in [4.69, 9.17) is 0 Å². The van der Waals surface area contributed by atoms with Gasteiger partial charge in [0, 0.05) is 5.92 Å². The van der Waals surface area contributed by atoms with Crippen LogP contribution in [0.5, 0.6) is 0 Å². The second kappa shape index (κ2) is 9.54. The van der Waals surface area contributed by atoms with Gasteiger partial charge in [0.2, 0.25) is 0 Å². The quantitative estimate of drug-likeness (QED) is 0.635. The van der Waals surface area contributed by atoms with Gasteiger partial charge in [-0.15, -0.1) is 4.91 Å². The van der Waals surface area contributed by atoms with Crippen LogP contribution in [0.2, 0.25) is 0 Å². The van der Waals surface area contributed by atoms with Gasteiger partial charge < -0.3 is 0 Å². The normalized spacial score (nSPS) is 20.6. The molecule has 1 saturated carbocycles. The van der Waals surface area contributed by atoms with E-state index in [0.29, 0.717) is 5.92 Å². The Morgan fingerprint density at radius 3 is 2.24 bits per heavy atom. The zero-order valence-electron chi connectivity index (χ0n) is 14.0. The Morgan fingerprint density at radius 2 is 1.62 bits per heavy atom. The molecular weight excluding hydrogens is 260 g/mol. The lowest BCUT2D eigenvalue weighted by Gasteiger charge is -2.27. The topological polar surface area (TPSA) is 32.7 Å². The van der Waals surface area contributed by atoms with Crippen molar-refractivity contribution in [1.29, 1.82) is 0 Å². The molecular formula is C18H30N2O. The summed E-state index contributed by atoms with van der Waals surface area (Å²) in [5.74, 6) is 1.26. The van der Waals surface area contributed by atoms with Gasteiger partial charge in [0.05, 0.1) is 17.5 Å². The molecule has 118 valence electrons. The first kappa shape index (κ1) is 17.7. The smallest absolute Gasteiger partial charge is 0.0662 e. The van der Waals surface area contributed by atoms with Gasteiger partial charge in [-0.3, -0.25) is 0 Å². The Bertz CT molecular complexity index is 413. The van der Waals surface area contributed by atoms with E-state index in [1.807, 2.05) is 39.8 Å². The molecule has 2 aliphatic rings. The SMILES string of the molecule is CC.CC.O=NN1CC(C2CCCCC2)c2ccccc21. The van der Waals surface area contributed by atoms with Gasteiger partial charge in [-0.1, -0.05) is 65.2 Å². The van der Waals surface area contributed by atoms with Gasteiger partial charge in [0.1, 0.15) is 0 Å². The third-order valence-electron chi connectivity index (χ3n) is 4.30. The van der Waals surface area contributed by atoms with Crippen LogP contribution in [0.1, 0.15) is 71.3 Å². The number of benzene rings is 1.